The Hall–Kier alpha value is -3.59. The van der Waals surface area contributed by atoms with E-state index in [1.807, 2.05) is 31.5 Å². The molecule has 2 fully saturated rings. The lowest BCUT2D eigenvalue weighted by atomic mass is 9.85. The van der Waals surface area contributed by atoms with Crippen LogP contribution in [0.5, 0.6) is 0 Å². The van der Waals surface area contributed by atoms with Crippen LogP contribution in [0.2, 0.25) is 0 Å². The highest BCUT2D eigenvalue weighted by atomic mass is 16.1. The third kappa shape index (κ3) is 4.63. The molecular formula is C27H32N8O. The van der Waals surface area contributed by atoms with Crippen molar-refractivity contribution in [1.29, 1.82) is 0 Å². The van der Waals surface area contributed by atoms with Crippen LogP contribution in [0.1, 0.15) is 50.8 Å². The quantitative estimate of drug-likeness (QED) is 0.430. The van der Waals surface area contributed by atoms with Gasteiger partial charge in [-0.3, -0.25) is 14.2 Å². The minimum absolute atomic E-state index is 0.0971. The Bertz CT molecular complexity index is 1390. The summed E-state index contributed by atoms with van der Waals surface area (Å²) in [5.41, 5.74) is 3.60. The molecular weight excluding hydrogens is 452 g/mol. The zero-order valence-corrected chi connectivity index (χ0v) is 20.6. The van der Waals surface area contributed by atoms with Crippen LogP contribution < -0.4 is 15.8 Å². The van der Waals surface area contributed by atoms with Gasteiger partial charge >= 0.3 is 0 Å². The van der Waals surface area contributed by atoms with E-state index in [9.17, 15) is 4.79 Å². The first-order valence-electron chi connectivity index (χ1n) is 13.0. The molecule has 9 nitrogen and oxygen atoms in total. The largest absolute Gasteiger partial charge is 0.369 e. The summed E-state index contributed by atoms with van der Waals surface area (Å²) in [4.78, 5) is 24.2. The summed E-state index contributed by atoms with van der Waals surface area (Å²) >= 11 is 0. The van der Waals surface area contributed by atoms with Crippen LogP contribution in [-0.2, 0) is 0 Å². The van der Waals surface area contributed by atoms with Gasteiger partial charge in [0.1, 0.15) is 17.0 Å². The molecule has 2 aliphatic rings. The lowest BCUT2D eigenvalue weighted by Crippen LogP contribution is -2.47. The molecule has 0 radical (unpaired) electrons. The van der Waals surface area contributed by atoms with Crippen LogP contribution in [0.4, 0.5) is 5.69 Å². The van der Waals surface area contributed by atoms with Crippen molar-refractivity contribution in [1.82, 2.24) is 34.7 Å². The predicted octanol–water partition coefficient (Wildman–Crippen LogP) is 3.32. The van der Waals surface area contributed by atoms with Gasteiger partial charge in [0.15, 0.2) is 0 Å². The molecule has 36 heavy (non-hydrogen) atoms. The first-order valence-corrected chi connectivity index (χ1v) is 13.0. The lowest BCUT2D eigenvalue weighted by Gasteiger charge is -2.36. The standard InChI is InChI=1S/C27H32N8O/c1-19(35-18-25(31-32-35)24-14-27(36)34-13-3-2-9-26(34)30-24)23-11-10-22(16-29-23)33-12-5-8-21(17-33)28-15-20-6-4-7-20/h2-3,9-11,13-14,16,18-21,28H,4-8,12,15,17H2,1H3/t19?,21-/m1/s1. The van der Waals surface area contributed by atoms with Crippen molar-refractivity contribution in [2.45, 2.75) is 51.1 Å². The molecule has 9 heteroatoms. The van der Waals surface area contributed by atoms with Crippen molar-refractivity contribution >= 4 is 11.3 Å². The molecule has 1 N–H and O–H groups in total. The summed E-state index contributed by atoms with van der Waals surface area (Å²) in [6, 6.07) is 11.7. The van der Waals surface area contributed by atoms with E-state index in [-0.39, 0.29) is 11.6 Å². The maximum Gasteiger partial charge on any atom is 0.258 e. The van der Waals surface area contributed by atoms with Gasteiger partial charge in [0, 0.05) is 31.4 Å². The number of anilines is 1. The molecule has 1 unspecified atom stereocenters. The second-order valence-electron chi connectivity index (χ2n) is 10.1. The highest BCUT2D eigenvalue weighted by Crippen LogP contribution is 2.27. The van der Waals surface area contributed by atoms with Crippen LogP contribution in [0, 0.1) is 5.92 Å². The van der Waals surface area contributed by atoms with Crippen molar-refractivity contribution < 1.29 is 0 Å². The van der Waals surface area contributed by atoms with Crippen molar-refractivity contribution in [2.24, 2.45) is 5.92 Å². The summed E-state index contributed by atoms with van der Waals surface area (Å²) < 4.78 is 3.28. The van der Waals surface area contributed by atoms with E-state index in [1.54, 1.807) is 16.9 Å². The first kappa shape index (κ1) is 22.8. The number of pyridine rings is 2. The van der Waals surface area contributed by atoms with Gasteiger partial charge in [0.25, 0.3) is 5.56 Å². The van der Waals surface area contributed by atoms with Crippen molar-refractivity contribution in [2.75, 3.05) is 24.5 Å². The Morgan fingerprint density at radius 2 is 2.03 bits per heavy atom. The maximum absolute atomic E-state index is 12.5. The minimum atomic E-state index is -0.145. The Morgan fingerprint density at radius 1 is 1.11 bits per heavy atom. The normalized spacial score (nSPS) is 19.4. The van der Waals surface area contributed by atoms with Gasteiger partial charge in [-0.2, -0.15) is 0 Å². The van der Waals surface area contributed by atoms with E-state index < -0.39 is 0 Å². The fraction of sp³-hybridized carbons (Fsp3) is 0.444. The highest BCUT2D eigenvalue weighted by molar-refractivity contribution is 5.56. The number of hydrogen-bond donors (Lipinski definition) is 1. The number of hydrogen-bond acceptors (Lipinski definition) is 7. The lowest BCUT2D eigenvalue weighted by molar-refractivity contribution is 0.280. The van der Waals surface area contributed by atoms with Gasteiger partial charge < -0.3 is 10.2 Å². The van der Waals surface area contributed by atoms with E-state index in [0.717, 1.165) is 31.2 Å². The van der Waals surface area contributed by atoms with Crippen molar-refractivity contribution in [3.63, 3.8) is 0 Å². The van der Waals surface area contributed by atoms with E-state index in [1.165, 1.54) is 48.3 Å². The topological polar surface area (TPSA) is 93.2 Å². The third-order valence-electron chi connectivity index (χ3n) is 7.65. The molecule has 6 rings (SSSR count). The summed E-state index contributed by atoms with van der Waals surface area (Å²) in [5, 5.41) is 12.4. The van der Waals surface area contributed by atoms with Crippen LogP contribution in [0.25, 0.3) is 17.0 Å². The van der Waals surface area contributed by atoms with Gasteiger partial charge in [-0.05, 0) is 69.3 Å². The molecule has 2 atom stereocenters. The number of nitrogens with one attached hydrogen (secondary N) is 1. The van der Waals surface area contributed by atoms with Crippen LogP contribution in [-0.4, -0.2) is 55.0 Å². The molecule has 186 valence electrons. The molecule has 4 aromatic heterocycles. The third-order valence-corrected chi connectivity index (χ3v) is 7.65. The molecule has 1 saturated heterocycles. The Labute approximate surface area is 210 Å². The molecule has 0 bridgehead atoms. The van der Waals surface area contributed by atoms with Crippen LogP contribution >= 0.6 is 0 Å². The summed E-state index contributed by atoms with van der Waals surface area (Å²) in [6.07, 6.45) is 12.1. The average Bonchev–Trinajstić information content (AvgIpc) is 3.38. The minimum Gasteiger partial charge on any atom is -0.369 e. The number of piperidine rings is 1. The number of nitrogens with zero attached hydrogens (tertiary/aromatic N) is 7. The molecule has 1 saturated carbocycles. The molecule has 1 aliphatic carbocycles. The molecule has 1 aliphatic heterocycles. The average molecular weight is 485 g/mol. The zero-order valence-electron chi connectivity index (χ0n) is 20.6. The van der Waals surface area contributed by atoms with Gasteiger partial charge in [-0.1, -0.05) is 17.7 Å². The van der Waals surface area contributed by atoms with Gasteiger partial charge in [-0.25, -0.2) is 9.67 Å². The molecule has 0 amide bonds. The van der Waals surface area contributed by atoms with E-state index in [2.05, 4.69) is 37.6 Å². The zero-order chi connectivity index (χ0) is 24.5. The van der Waals surface area contributed by atoms with E-state index in [0.29, 0.717) is 23.1 Å². The number of rotatable bonds is 7. The van der Waals surface area contributed by atoms with Crippen molar-refractivity contribution in [3.8, 4) is 11.4 Å². The Kier molecular flexibility index (Phi) is 6.23. The first-order chi connectivity index (χ1) is 17.6. The van der Waals surface area contributed by atoms with Gasteiger partial charge in [-0.15, -0.1) is 5.10 Å². The molecule has 0 spiro atoms. The smallest absolute Gasteiger partial charge is 0.258 e. The second kappa shape index (κ2) is 9.81. The predicted molar refractivity (Wildman–Crippen MR) is 139 cm³/mol. The van der Waals surface area contributed by atoms with Gasteiger partial charge in [0.2, 0.25) is 0 Å². The number of aromatic nitrogens is 6. The SMILES string of the molecule is CC(c1ccc(N2CCC[C@@H](NCC3CCC3)C2)cn1)n1cc(-c2cc(=O)n3ccccc3n2)nn1. The number of fused-ring (bicyclic) bond motifs is 1. The summed E-state index contributed by atoms with van der Waals surface area (Å²) in [5.74, 6) is 0.887. The van der Waals surface area contributed by atoms with E-state index in [4.69, 9.17) is 4.98 Å². The summed E-state index contributed by atoms with van der Waals surface area (Å²) in [7, 11) is 0. The molecule has 5 heterocycles. The maximum atomic E-state index is 12.5. The van der Waals surface area contributed by atoms with Crippen LogP contribution in [0.3, 0.4) is 0 Å². The van der Waals surface area contributed by atoms with Crippen molar-refractivity contribution in [3.05, 3.63) is 71.0 Å². The second-order valence-corrected chi connectivity index (χ2v) is 10.1. The Balaban J connectivity index is 1.13. The van der Waals surface area contributed by atoms with Crippen LogP contribution in [0.15, 0.2) is 59.8 Å². The van der Waals surface area contributed by atoms with Gasteiger partial charge in [0.05, 0.1) is 29.8 Å². The monoisotopic (exact) mass is 484 g/mol. The fourth-order valence-electron chi connectivity index (χ4n) is 5.14. The Morgan fingerprint density at radius 3 is 2.83 bits per heavy atom. The molecule has 4 aromatic rings. The molecule has 0 aromatic carbocycles. The highest BCUT2D eigenvalue weighted by Gasteiger charge is 2.23. The van der Waals surface area contributed by atoms with E-state index >= 15 is 0 Å². The fourth-order valence-corrected chi connectivity index (χ4v) is 5.14. The summed E-state index contributed by atoms with van der Waals surface area (Å²) in [6.45, 7) is 5.32.